The number of aromatic hydroxyl groups is 1. The molecule has 1 heterocycles. The molecule has 0 atom stereocenters. The molecule has 2 rings (SSSR count). The van der Waals surface area contributed by atoms with Gasteiger partial charge in [0.2, 0.25) is 0 Å². The molecule has 0 amide bonds. The molecule has 1 aromatic heterocycles. The zero-order chi connectivity index (χ0) is 12.4. The lowest BCUT2D eigenvalue weighted by Crippen LogP contribution is -1.99. The van der Waals surface area contributed by atoms with E-state index in [-0.39, 0.29) is 5.75 Å². The van der Waals surface area contributed by atoms with Crippen LogP contribution in [0.25, 0.3) is 11.1 Å². The van der Waals surface area contributed by atoms with Crippen LogP contribution in [0.2, 0.25) is 10.0 Å². The quantitative estimate of drug-likeness (QED) is 0.879. The van der Waals surface area contributed by atoms with Gasteiger partial charge in [0.05, 0.1) is 15.7 Å². The number of halogens is 2. The fraction of sp³-hybridized carbons (Fsp3) is 0.0833. The third kappa shape index (κ3) is 2.36. The van der Waals surface area contributed by atoms with E-state index in [9.17, 15) is 5.11 Å². The summed E-state index contributed by atoms with van der Waals surface area (Å²) in [6.07, 6.45) is 1.62. The molecular weight excluding hydrogens is 259 g/mol. The predicted octanol–water partition coefficient (Wildman–Crippen LogP) is 3.22. The largest absolute Gasteiger partial charge is 0.507 e. The van der Waals surface area contributed by atoms with Crippen molar-refractivity contribution in [2.75, 3.05) is 0 Å². The molecule has 0 aliphatic carbocycles. The van der Waals surface area contributed by atoms with E-state index in [4.69, 9.17) is 28.9 Å². The first kappa shape index (κ1) is 12.2. The molecule has 0 aliphatic rings. The maximum atomic E-state index is 9.84. The number of rotatable bonds is 2. The summed E-state index contributed by atoms with van der Waals surface area (Å²) in [4.78, 5) is 4.08. The zero-order valence-electron chi connectivity index (χ0n) is 8.82. The fourth-order valence-corrected chi connectivity index (χ4v) is 1.99. The van der Waals surface area contributed by atoms with Gasteiger partial charge in [-0.1, -0.05) is 23.2 Å². The Hall–Kier alpha value is -1.29. The van der Waals surface area contributed by atoms with Crippen LogP contribution in [0.3, 0.4) is 0 Å². The standard InChI is InChI=1S/C12H10Cl2N2O/c13-9-1-2-10(17)11(12(9)14)7-3-4-16-8(5-7)6-15/h1-5,17H,6,15H2. The second-order valence-corrected chi connectivity index (χ2v) is 4.28. The minimum absolute atomic E-state index is 0.0774. The van der Waals surface area contributed by atoms with E-state index in [2.05, 4.69) is 4.98 Å². The zero-order valence-corrected chi connectivity index (χ0v) is 10.3. The molecule has 88 valence electrons. The highest BCUT2D eigenvalue weighted by Gasteiger charge is 2.12. The fourth-order valence-electron chi connectivity index (χ4n) is 1.56. The molecule has 17 heavy (non-hydrogen) atoms. The number of hydrogen-bond donors (Lipinski definition) is 2. The van der Waals surface area contributed by atoms with Gasteiger partial charge in [0, 0.05) is 18.3 Å². The third-order valence-corrected chi connectivity index (χ3v) is 3.19. The second kappa shape index (κ2) is 4.92. The van der Waals surface area contributed by atoms with Gasteiger partial charge in [-0.25, -0.2) is 0 Å². The van der Waals surface area contributed by atoms with Crippen molar-refractivity contribution in [2.24, 2.45) is 5.73 Å². The molecule has 5 heteroatoms. The molecule has 0 aliphatic heterocycles. The van der Waals surface area contributed by atoms with Gasteiger partial charge in [0.1, 0.15) is 5.75 Å². The van der Waals surface area contributed by atoms with Crippen LogP contribution in [-0.2, 0) is 6.54 Å². The van der Waals surface area contributed by atoms with Gasteiger partial charge in [-0.2, -0.15) is 0 Å². The van der Waals surface area contributed by atoms with E-state index in [1.54, 1.807) is 24.4 Å². The molecule has 0 bridgehead atoms. The summed E-state index contributed by atoms with van der Waals surface area (Å²) in [6, 6.07) is 6.58. The number of benzene rings is 1. The van der Waals surface area contributed by atoms with Crippen molar-refractivity contribution < 1.29 is 5.11 Å². The minimum atomic E-state index is 0.0774. The van der Waals surface area contributed by atoms with Crippen LogP contribution in [0.1, 0.15) is 5.69 Å². The Balaban J connectivity index is 2.63. The predicted molar refractivity (Wildman–Crippen MR) is 69.2 cm³/mol. The van der Waals surface area contributed by atoms with Crippen molar-refractivity contribution in [2.45, 2.75) is 6.54 Å². The Morgan fingerprint density at radius 2 is 2.00 bits per heavy atom. The maximum Gasteiger partial charge on any atom is 0.125 e. The molecule has 3 N–H and O–H groups in total. The first-order valence-electron chi connectivity index (χ1n) is 4.96. The Kier molecular flexibility index (Phi) is 3.52. The molecule has 1 aromatic carbocycles. The highest BCUT2D eigenvalue weighted by atomic mass is 35.5. The summed E-state index contributed by atoms with van der Waals surface area (Å²) >= 11 is 12.0. The van der Waals surface area contributed by atoms with Crippen molar-refractivity contribution >= 4 is 23.2 Å². The highest BCUT2D eigenvalue weighted by molar-refractivity contribution is 6.44. The summed E-state index contributed by atoms with van der Waals surface area (Å²) in [7, 11) is 0. The lowest BCUT2D eigenvalue weighted by atomic mass is 10.0. The van der Waals surface area contributed by atoms with Crippen molar-refractivity contribution in [1.82, 2.24) is 4.98 Å². The average Bonchev–Trinajstić information content (AvgIpc) is 2.35. The smallest absolute Gasteiger partial charge is 0.125 e. The van der Waals surface area contributed by atoms with Crippen LogP contribution in [0.5, 0.6) is 5.75 Å². The van der Waals surface area contributed by atoms with Gasteiger partial charge in [-0.05, 0) is 29.8 Å². The summed E-state index contributed by atoms with van der Waals surface area (Å²) in [5.41, 5.74) is 7.48. The van der Waals surface area contributed by atoms with Crippen LogP contribution in [0.15, 0.2) is 30.5 Å². The number of aromatic nitrogens is 1. The van der Waals surface area contributed by atoms with Crippen LogP contribution < -0.4 is 5.73 Å². The lowest BCUT2D eigenvalue weighted by Gasteiger charge is -2.09. The highest BCUT2D eigenvalue weighted by Crippen LogP contribution is 2.39. The van der Waals surface area contributed by atoms with Crippen LogP contribution in [0, 0.1) is 0 Å². The molecule has 0 spiro atoms. The number of pyridine rings is 1. The Labute approximate surface area is 109 Å². The summed E-state index contributed by atoms with van der Waals surface area (Å²) in [5, 5.41) is 10.6. The molecule has 0 radical (unpaired) electrons. The Morgan fingerprint density at radius 3 is 2.71 bits per heavy atom. The molecule has 2 aromatic rings. The Bertz CT molecular complexity index is 558. The molecule has 0 saturated carbocycles. The summed E-state index contributed by atoms with van der Waals surface area (Å²) < 4.78 is 0. The number of nitrogens with two attached hydrogens (primary N) is 1. The van der Waals surface area contributed by atoms with E-state index < -0.39 is 0 Å². The van der Waals surface area contributed by atoms with Gasteiger partial charge in [0.15, 0.2) is 0 Å². The summed E-state index contributed by atoms with van der Waals surface area (Å²) in [5.74, 6) is 0.0774. The first-order valence-corrected chi connectivity index (χ1v) is 5.71. The topological polar surface area (TPSA) is 59.1 Å². The van der Waals surface area contributed by atoms with E-state index >= 15 is 0 Å². The second-order valence-electron chi connectivity index (χ2n) is 3.50. The summed E-state index contributed by atoms with van der Waals surface area (Å²) in [6.45, 7) is 0.326. The van der Waals surface area contributed by atoms with Gasteiger partial charge < -0.3 is 10.8 Å². The van der Waals surface area contributed by atoms with Crippen LogP contribution in [-0.4, -0.2) is 10.1 Å². The van der Waals surface area contributed by atoms with E-state index in [0.717, 1.165) is 11.3 Å². The molecule has 0 saturated heterocycles. The minimum Gasteiger partial charge on any atom is -0.507 e. The van der Waals surface area contributed by atoms with Crippen molar-refractivity contribution in [3.05, 3.63) is 46.2 Å². The average molecular weight is 269 g/mol. The molecule has 0 unspecified atom stereocenters. The SMILES string of the molecule is NCc1cc(-c2c(O)ccc(Cl)c2Cl)ccn1. The number of phenols is 1. The van der Waals surface area contributed by atoms with Crippen molar-refractivity contribution in [3.8, 4) is 16.9 Å². The van der Waals surface area contributed by atoms with E-state index in [0.29, 0.717) is 22.2 Å². The first-order chi connectivity index (χ1) is 8.13. The molecule has 0 fully saturated rings. The van der Waals surface area contributed by atoms with E-state index in [1.165, 1.54) is 6.07 Å². The van der Waals surface area contributed by atoms with Crippen LogP contribution in [0.4, 0.5) is 0 Å². The van der Waals surface area contributed by atoms with Gasteiger partial charge in [0.25, 0.3) is 0 Å². The molecule has 3 nitrogen and oxygen atoms in total. The van der Waals surface area contributed by atoms with E-state index in [1.807, 2.05) is 0 Å². The van der Waals surface area contributed by atoms with Crippen LogP contribution >= 0.6 is 23.2 Å². The number of phenolic OH excluding ortho intramolecular Hbond substituents is 1. The van der Waals surface area contributed by atoms with Gasteiger partial charge in [-0.3, -0.25) is 4.98 Å². The normalized spacial score (nSPS) is 10.5. The van der Waals surface area contributed by atoms with Crippen molar-refractivity contribution in [3.63, 3.8) is 0 Å². The lowest BCUT2D eigenvalue weighted by molar-refractivity contribution is 0.477. The monoisotopic (exact) mass is 268 g/mol. The number of hydrogen-bond acceptors (Lipinski definition) is 3. The third-order valence-electron chi connectivity index (χ3n) is 2.39. The van der Waals surface area contributed by atoms with Gasteiger partial charge >= 0.3 is 0 Å². The van der Waals surface area contributed by atoms with Crippen molar-refractivity contribution in [1.29, 1.82) is 0 Å². The molecular formula is C12H10Cl2N2O. The number of nitrogens with zero attached hydrogens (tertiary/aromatic N) is 1. The maximum absolute atomic E-state index is 9.84. The van der Waals surface area contributed by atoms with Gasteiger partial charge in [-0.15, -0.1) is 0 Å². The Morgan fingerprint density at radius 1 is 1.24 bits per heavy atom.